The highest BCUT2D eigenvalue weighted by Gasteiger charge is 2.63. The maximum Gasteiger partial charge on any atom is 0.463 e. The lowest BCUT2D eigenvalue weighted by Crippen LogP contribution is -2.34. The zero-order valence-corrected chi connectivity index (χ0v) is 8.05. The minimum absolute atomic E-state index is 0.0442. The lowest BCUT2D eigenvalue weighted by atomic mass is 10.2. The molecule has 1 aromatic rings. The summed E-state index contributed by atoms with van der Waals surface area (Å²) in [5.74, 6) is -7.19. The molecule has 4 nitrogen and oxygen atoms in total. The summed E-state index contributed by atoms with van der Waals surface area (Å²) < 4.78 is 64.9. The number of rotatable bonds is 3. The van der Waals surface area contributed by atoms with Gasteiger partial charge < -0.3 is 10.3 Å². The van der Waals surface area contributed by atoms with E-state index >= 15 is 0 Å². The van der Waals surface area contributed by atoms with Gasteiger partial charge in [-0.2, -0.15) is 26.9 Å². The van der Waals surface area contributed by atoms with Crippen LogP contribution in [0.3, 0.4) is 0 Å². The molecule has 0 aliphatic carbocycles. The third-order valence-electron chi connectivity index (χ3n) is 1.60. The van der Waals surface area contributed by atoms with Gasteiger partial charge in [-0.05, 0) is 6.92 Å². The molecule has 1 aromatic heterocycles. The van der Waals surface area contributed by atoms with Gasteiger partial charge in [0.2, 0.25) is 0 Å². The molecule has 9 heteroatoms. The molecule has 0 saturated heterocycles. The number of alkyl halides is 5. The maximum absolute atomic E-state index is 12.7. The summed E-state index contributed by atoms with van der Waals surface area (Å²) in [7, 11) is 0. The Kier molecular flexibility index (Phi) is 3.17. The highest BCUT2D eigenvalue weighted by molar-refractivity contribution is 4.98. The lowest BCUT2D eigenvalue weighted by molar-refractivity contribution is -0.298. The van der Waals surface area contributed by atoms with Crippen LogP contribution in [0, 0.1) is 0 Å². The van der Waals surface area contributed by atoms with Crippen LogP contribution >= 0.6 is 0 Å². The standard InChI is InChI=1S/C7H8F5N3O/c1-3(13)2-4-14-5(16-15-4)6(8,9)7(10,11)12/h3H,2,13H2,1H3. The van der Waals surface area contributed by atoms with Crippen LogP contribution in [-0.2, 0) is 12.3 Å². The fourth-order valence-electron chi connectivity index (χ4n) is 0.874. The first-order chi connectivity index (χ1) is 7.14. The summed E-state index contributed by atoms with van der Waals surface area (Å²) in [6.07, 6.45) is -5.80. The first-order valence-electron chi connectivity index (χ1n) is 4.17. The molecule has 0 aliphatic heterocycles. The summed E-state index contributed by atoms with van der Waals surface area (Å²) in [6.45, 7) is 1.53. The highest BCUT2D eigenvalue weighted by atomic mass is 19.4. The number of aromatic nitrogens is 2. The summed E-state index contributed by atoms with van der Waals surface area (Å²) in [5, 5.41) is 2.99. The van der Waals surface area contributed by atoms with Crippen molar-refractivity contribution in [1.82, 2.24) is 10.1 Å². The van der Waals surface area contributed by atoms with Crippen molar-refractivity contribution in [2.45, 2.75) is 31.5 Å². The first kappa shape index (κ1) is 12.8. The molecular formula is C7H8F5N3O. The Balaban J connectivity index is 2.93. The average Bonchev–Trinajstić information content (AvgIpc) is 2.49. The molecule has 1 rings (SSSR count). The van der Waals surface area contributed by atoms with E-state index in [1.165, 1.54) is 6.92 Å². The number of nitrogens with zero attached hydrogens (tertiary/aromatic N) is 2. The van der Waals surface area contributed by atoms with E-state index in [0.29, 0.717) is 0 Å². The van der Waals surface area contributed by atoms with Crippen LogP contribution in [0.2, 0.25) is 0 Å². The molecule has 0 spiro atoms. The van der Waals surface area contributed by atoms with E-state index in [0.717, 1.165) is 0 Å². The molecule has 0 aromatic carbocycles. The minimum atomic E-state index is -5.76. The predicted octanol–water partition coefficient (Wildman–Crippen LogP) is 1.61. The predicted molar refractivity (Wildman–Crippen MR) is 41.6 cm³/mol. The van der Waals surface area contributed by atoms with Gasteiger partial charge in [0.05, 0.1) is 0 Å². The average molecular weight is 245 g/mol. The van der Waals surface area contributed by atoms with Gasteiger partial charge in [0.15, 0.2) is 5.82 Å². The molecule has 1 heterocycles. The zero-order chi connectivity index (χ0) is 12.6. The van der Waals surface area contributed by atoms with Gasteiger partial charge >= 0.3 is 18.0 Å². The van der Waals surface area contributed by atoms with Gasteiger partial charge in [0.25, 0.3) is 0 Å². The van der Waals surface area contributed by atoms with Crippen LogP contribution in [0.25, 0.3) is 0 Å². The van der Waals surface area contributed by atoms with Crippen LogP contribution in [-0.4, -0.2) is 22.4 Å². The maximum atomic E-state index is 12.7. The van der Waals surface area contributed by atoms with E-state index in [1.54, 1.807) is 0 Å². The smallest absolute Gasteiger partial charge is 0.332 e. The topological polar surface area (TPSA) is 64.9 Å². The molecule has 1 atom stereocenters. The van der Waals surface area contributed by atoms with Crippen LogP contribution in [0.1, 0.15) is 18.6 Å². The fourth-order valence-corrected chi connectivity index (χ4v) is 0.874. The van der Waals surface area contributed by atoms with Gasteiger partial charge in [-0.15, -0.1) is 0 Å². The summed E-state index contributed by atoms with van der Waals surface area (Å²) in [4.78, 5) is 2.96. The van der Waals surface area contributed by atoms with Crippen molar-refractivity contribution in [2.75, 3.05) is 0 Å². The second-order valence-electron chi connectivity index (χ2n) is 3.27. The zero-order valence-electron chi connectivity index (χ0n) is 8.05. The Bertz CT molecular complexity index is 359. The number of halogens is 5. The first-order valence-corrected chi connectivity index (χ1v) is 4.17. The molecule has 0 aliphatic rings. The van der Waals surface area contributed by atoms with E-state index in [4.69, 9.17) is 5.73 Å². The molecule has 0 amide bonds. The Morgan fingerprint density at radius 1 is 1.31 bits per heavy atom. The fraction of sp³-hybridized carbons (Fsp3) is 0.714. The molecule has 0 bridgehead atoms. The van der Waals surface area contributed by atoms with Gasteiger partial charge in [-0.3, -0.25) is 0 Å². The molecule has 0 saturated carbocycles. The van der Waals surface area contributed by atoms with Crippen LogP contribution < -0.4 is 5.73 Å². The SMILES string of the molecule is CC(N)Cc1noc(C(F)(F)C(F)(F)F)n1. The van der Waals surface area contributed by atoms with E-state index in [9.17, 15) is 22.0 Å². The van der Waals surface area contributed by atoms with Crippen molar-refractivity contribution in [1.29, 1.82) is 0 Å². The second-order valence-corrected chi connectivity index (χ2v) is 3.27. The molecule has 16 heavy (non-hydrogen) atoms. The molecule has 2 N–H and O–H groups in total. The Hall–Kier alpha value is -1.25. The van der Waals surface area contributed by atoms with Crippen molar-refractivity contribution >= 4 is 0 Å². The van der Waals surface area contributed by atoms with E-state index in [1.807, 2.05) is 0 Å². The third-order valence-corrected chi connectivity index (χ3v) is 1.60. The van der Waals surface area contributed by atoms with Gasteiger partial charge in [-0.25, -0.2) is 0 Å². The monoisotopic (exact) mass is 245 g/mol. The van der Waals surface area contributed by atoms with E-state index in [-0.39, 0.29) is 12.2 Å². The van der Waals surface area contributed by atoms with Crippen LogP contribution in [0.5, 0.6) is 0 Å². The molecule has 0 fully saturated rings. The number of hydrogen-bond acceptors (Lipinski definition) is 4. The summed E-state index contributed by atoms with van der Waals surface area (Å²) in [6, 6.07) is -0.468. The minimum Gasteiger partial charge on any atom is -0.332 e. The Morgan fingerprint density at radius 2 is 1.88 bits per heavy atom. The van der Waals surface area contributed by atoms with Gasteiger partial charge in [0, 0.05) is 12.5 Å². The molecule has 0 radical (unpaired) electrons. The van der Waals surface area contributed by atoms with Crippen molar-refractivity contribution in [3.05, 3.63) is 11.7 Å². The largest absolute Gasteiger partial charge is 0.463 e. The van der Waals surface area contributed by atoms with Gasteiger partial charge in [0.1, 0.15) is 0 Å². The summed E-state index contributed by atoms with van der Waals surface area (Å²) in [5.41, 5.74) is 5.30. The van der Waals surface area contributed by atoms with Crippen molar-refractivity contribution in [2.24, 2.45) is 5.73 Å². The third kappa shape index (κ3) is 2.46. The quantitative estimate of drug-likeness (QED) is 0.821. The van der Waals surface area contributed by atoms with E-state index in [2.05, 4.69) is 14.7 Å². The Morgan fingerprint density at radius 3 is 2.31 bits per heavy atom. The van der Waals surface area contributed by atoms with Crippen molar-refractivity contribution in [3.8, 4) is 0 Å². The van der Waals surface area contributed by atoms with Crippen molar-refractivity contribution < 1.29 is 26.5 Å². The molecular weight excluding hydrogens is 237 g/mol. The van der Waals surface area contributed by atoms with Gasteiger partial charge in [-0.1, -0.05) is 5.16 Å². The van der Waals surface area contributed by atoms with Crippen LogP contribution in [0.15, 0.2) is 4.52 Å². The highest BCUT2D eigenvalue weighted by Crippen LogP contribution is 2.42. The number of nitrogens with two attached hydrogens (primary N) is 1. The summed E-state index contributed by atoms with van der Waals surface area (Å²) >= 11 is 0. The van der Waals surface area contributed by atoms with E-state index < -0.39 is 24.0 Å². The lowest BCUT2D eigenvalue weighted by Gasteiger charge is -2.14. The molecule has 92 valence electrons. The van der Waals surface area contributed by atoms with Crippen molar-refractivity contribution in [3.63, 3.8) is 0 Å². The number of hydrogen-bond donors (Lipinski definition) is 1. The molecule has 1 unspecified atom stereocenters. The Labute approximate surface area is 86.6 Å². The second kappa shape index (κ2) is 3.96. The normalized spacial score (nSPS) is 15.2. The van der Waals surface area contributed by atoms with Crippen LogP contribution in [0.4, 0.5) is 22.0 Å².